The third-order valence-electron chi connectivity index (χ3n) is 4.30. The second-order valence-electron chi connectivity index (χ2n) is 6.80. The number of esters is 2. The summed E-state index contributed by atoms with van der Waals surface area (Å²) in [4.78, 5) is 44.6. The number of ether oxygens (including phenoxy) is 2. The summed E-state index contributed by atoms with van der Waals surface area (Å²) in [5, 5.41) is 38.6. The molecule has 2 rings (SSSR count). The number of benzene rings is 2. The third kappa shape index (κ3) is 11.7. The van der Waals surface area contributed by atoms with Gasteiger partial charge in [-0.25, -0.2) is 9.59 Å². The van der Waals surface area contributed by atoms with E-state index in [1.54, 1.807) is 12.1 Å². The first kappa shape index (κ1) is 31.9. The molecule has 0 saturated carbocycles. The van der Waals surface area contributed by atoms with E-state index in [1.165, 1.54) is 36.4 Å². The smallest absolute Gasteiger partial charge is 0.545 e. The first-order chi connectivity index (χ1) is 16.3. The molecular formula is C24H26O10Zn. The molecule has 11 heteroatoms. The van der Waals surface area contributed by atoms with Crippen molar-refractivity contribution >= 4 is 23.9 Å². The van der Waals surface area contributed by atoms with Crippen molar-refractivity contribution in [3.05, 3.63) is 70.8 Å². The molecule has 35 heavy (non-hydrogen) atoms. The van der Waals surface area contributed by atoms with Gasteiger partial charge in [-0.1, -0.05) is 36.4 Å². The molecular weight excluding hydrogens is 514 g/mol. The van der Waals surface area contributed by atoms with Crippen LogP contribution < -0.4 is 10.2 Å². The van der Waals surface area contributed by atoms with E-state index in [2.05, 4.69) is 0 Å². The summed E-state index contributed by atoms with van der Waals surface area (Å²) in [6.07, 6.45) is 2.15. The van der Waals surface area contributed by atoms with Crippen molar-refractivity contribution < 1.29 is 68.6 Å². The number of carboxylic acids is 2. The number of aliphatic hydroxyl groups is 2. The van der Waals surface area contributed by atoms with Crippen LogP contribution in [-0.2, 0) is 29.0 Å². The number of hydrogen-bond donors (Lipinski definition) is 2. The second-order valence-corrected chi connectivity index (χ2v) is 6.80. The number of aliphatic hydroxyl groups excluding tert-OH is 2. The molecule has 0 aliphatic carbocycles. The molecule has 0 unspecified atom stereocenters. The van der Waals surface area contributed by atoms with Crippen molar-refractivity contribution in [3.8, 4) is 0 Å². The van der Waals surface area contributed by atoms with Crippen molar-refractivity contribution in [1.82, 2.24) is 0 Å². The standard InChI is InChI=1S/2C12H14O5.Zn/c2*13-7-3-4-8-17-12(16)10-6-2-1-5-9(10)11(14)15;/h2*1-2,5-6,13H,3-4,7-8H2,(H,14,15);/q;;+2/p-2. The molecule has 0 aliphatic rings. The summed E-state index contributed by atoms with van der Waals surface area (Å²) in [6, 6.07) is 11.5. The number of hydrogen-bond acceptors (Lipinski definition) is 10. The molecule has 0 heterocycles. The zero-order valence-corrected chi connectivity index (χ0v) is 22.1. The van der Waals surface area contributed by atoms with Gasteiger partial charge in [-0.05, 0) is 37.8 Å². The normalized spacial score (nSPS) is 9.66. The van der Waals surface area contributed by atoms with E-state index in [-0.39, 0.29) is 68.2 Å². The Balaban J connectivity index is 0.000000642. The van der Waals surface area contributed by atoms with Gasteiger partial charge < -0.3 is 39.5 Å². The Morgan fingerprint density at radius 1 is 0.600 bits per heavy atom. The molecule has 2 aromatic rings. The maximum atomic E-state index is 11.6. The average Bonchev–Trinajstić information content (AvgIpc) is 2.84. The van der Waals surface area contributed by atoms with Crippen LogP contribution in [-0.4, -0.2) is 60.5 Å². The van der Waals surface area contributed by atoms with Crippen molar-refractivity contribution in [3.63, 3.8) is 0 Å². The fraction of sp³-hybridized carbons (Fsp3) is 0.333. The van der Waals surface area contributed by atoms with Crippen LogP contribution >= 0.6 is 0 Å². The van der Waals surface area contributed by atoms with Gasteiger partial charge in [0.05, 0.1) is 36.3 Å². The van der Waals surface area contributed by atoms with Crippen LogP contribution in [0.15, 0.2) is 48.5 Å². The number of unbranched alkanes of at least 4 members (excludes halogenated alkanes) is 2. The van der Waals surface area contributed by atoms with Crippen molar-refractivity contribution in [1.29, 1.82) is 0 Å². The quantitative estimate of drug-likeness (QED) is 0.211. The molecule has 184 valence electrons. The van der Waals surface area contributed by atoms with Crippen LogP contribution in [0.1, 0.15) is 67.1 Å². The molecule has 0 aromatic heterocycles. The summed E-state index contributed by atoms with van der Waals surface area (Å²) in [5.74, 6) is -4.20. The zero-order chi connectivity index (χ0) is 25.3. The van der Waals surface area contributed by atoms with Crippen molar-refractivity contribution in [2.75, 3.05) is 26.4 Å². The molecule has 0 saturated heterocycles. The number of carbonyl (C=O) groups is 4. The van der Waals surface area contributed by atoms with Crippen LogP contribution in [0.3, 0.4) is 0 Å². The van der Waals surface area contributed by atoms with E-state index in [1.807, 2.05) is 0 Å². The molecule has 0 atom stereocenters. The minimum Gasteiger partial charge on any atom is -0.545 e. The second kappa shape index (κ2) is 18.2. The first-order valence-electron chi connectivity index (χ1n) is 10.5. The van der Waals surface area contributed by atoms with Crippen LogP contribution in [0.25, 0.3) is 0 Å². The van der Waals surface area contributed by atoms with Gasteiger partial charge in [-0.3, -0.25) is 0 Å². The summed E-state index contributed by atoms with van der Waals surface area (Å²) in [5.41, 5.74) is -0.396. The SMILES string of the molecule is O=C([O-])c1ccccc1C(=O)OCCCCO.O=C([O-])c1ccccc1C(=O)OCCCCO.[Zn+2]. The van der Waals surface area contributed by atoms with E-state index in [0.717, 1.165) is 0 Å². The van der Waals surface area contributed by atoms with E-state index in [9.17, 15) is 29.4 Å². The van der Waals surface area contributed by atoms with Gasteiger partial charge in [0.15, 0.2) is 0 Å². The molecule has 0 aliphatic heterocycles. The number of carbonyl (C=O) groups excluding carboxylic acids is 4. The summed E-state index contributed by atoms with van der Waals surface area (Å²) in [6.45, 7) is 0.377. The van der Waals surface area contributed by atoms with E-state index in [4.69, 9.17) is 19.7 Å². The van der Waals surface area contributed by atoms with Crippen molar-refractivity contribution in [2.45, 2.75) is 25.7 Å². The molecule has 0 amide bonds. The Kier molecular flexibility index (Phi) is 16.6. The Morgan fingerprint density at radius 3 is 1.20 bits per heavy atom. The number of rotatable bonds is 12. The maximum Gasteiger partial charge on any atom is 2.00 e. The maximum absolute atomic E-state index is 11.6. The number of carboxylic acid groups (broad SMARTS) is 2. The van der Waals surface area contributed by atoms with Gasteiger partial charge in [-0.2, -0.15) is 0 Å². The van der Waals surface area contributed by atoms with Gasteiger partial charge in [0.1, 0.15) is 0 Å². The topological polar surface area (TPSA) is 173 Å². The molecule has 0 fully saturated rings. The van der Waals surface area contributed by atoms with Gasteiger partial charge in [-0.15, -0.1) is 0 Å². The Morgan fingerprint density at radius 2 is 0.914 bits per heavy atom. The average molecular weight is 540 g/mol. The molecule has 10 nitrogen and oxygen atoms in total. The summed E-state index contributed by atoms with van der Waals surface area (Å²) < 4.78 is 9.76. The Bertz CT molecular complexity index is 883. The monoisotopic (exact) mass is 538 g/mol. The fourth-order valence-corrected chi connectivity index (χ4v) is 2.59. The predicted molar refractivity (Wildman–Crippen MR) is 115 cm³/mol. The third-order valence-corrected chi connectivity index (χ3v) is 4.30. The first-order valence-corrected chi connectivity index (χ1v) is 10.5. The predicted octanol–water partition coefficient (Wildman–Crippen LogP) is -0.0437. The summed E-state index contributed by atoms with van der Waals surface area (Å²) >= 11 is 0. The molecule has 0 spiro atoms. The van der Waals surface area contributed by atoms with E-state index >= 15 is 0 Å². The van der Waals surface area contributed by atoms with Crippen LogP contribution in [0.4, 0.5) is 0 Å². The molecule has 2 aromatic carbocycles. The largest absolute Gasteiger partial charge is 2.00 e. The minimum atomic E-state index is -1.41. The van der Waals surface area contributed by atoms with Crippen molar-refractivity contribution in [2.24, 2.45) is 0 Å². The van der Waals surface area contributed by atoms with Crippen LogP contribution in [0, 0.1) is 0 Å². The van der Waals surface area contributed by atoms with Crippen LogP contribution in [0.5, 0.6) is 0 Å². The Labute approximate surface area is 215 Å². The van der Waals surface area contributed by atoms with Gasteiger partial charge in [0.2, 0.25) is 0 Å². The molecule has 2 N–H and O–H groups in total. The van der Waals surface area contributed by atoms with Gasteiger partial charge in [0, 0.05) is 24.3 Å². The van der Waals surface area contributed by atoms with Gasteiger partial charge in [0.25, 0.3) is 0 Å². The molecule has 0 bridgehead atoms. The number of aromatic carboxylic acids is 2. The minimum absolute atomic E-state index is 0. The van der Waals surface area contributed by atoms with E-state index < -0.39 is 23.9 Å². The Hall–Kier alpha value is -3.14. The van der Waals surface area contributed by atoms with Gasteiger partial charge >= 0.3 is 31.4 Å². The zero-order valence-electron chi connectivity index (χ0n) is 19.1. The fourth-order valence-electron chi connectivity index (χ4n) is 2.59. The van der Waals surface area contributed by atoms with E-state index in [0.29, 0.717) is 25.7 Å². The van der Waals surface area contributed by atoms with Crippen LogP contribution in [0.2, 0.25) is 0 Å². The summed E-state index contributed by atoms with van der Waals surface area (Å²) in [7, 11) is 0. The molecule has 0 radical (unpaired) electrons.